The number of nitrogens with one attached hydrogen (secondary N) is 1. The van der Waals surface area contributed by atoms with Gasteiger partial charge in [-0.25, -0.2) is 0 Å². The standard InChI is InChI=1S/C11H11BrClNO2/c12-9-5-8(3-4-10(9)13)16-6-11(15)14-7-1-2-7/h3-5,7H,1-2,6H2,(H,14,15). The van der Waals surface area contributed by atoms with Gasteiger partial charge in [-0.05, 0) is 47.0 Å². The van der Waals surface area contributed by atoms with Crippen molar-refractivity contribution in [1.82, 2.24) is 5.32 Å². The van der Waals surface area contributed by atoms with Gasteiger partial charge in [0.15, 0.2) is 6.61 Å². The van der Waals surface area contributed by atoms with Crippen LogP contribution in [-0.2, 0) is 4.79 Å². The quantitative estimate of drug-likeness (QED) is 0.929. The molecule has 16 heavy (non-hydrogen) atoms. The van der Waals surface area contributed by atoms with Gasteiger partial charge in [0.05, 0.1) is 5.02 Å². The van der Waals surface area contributed by atoms with Gasteiger partial charge in [0.1, 0.15) is 5.75 Å². The molecule has 5 heteroatoms. The van der Waals surface area contributed by atoms with Crippen LogP contribution in [0.4, 0.5) is 0 Å². The Morgan fingerprint density at radius 1 is 1.56 bits per heavy atom. The van der Waals surface area contributed by atoms with Gasteiger partial charge in [-0.2, -0.15) is 0 Å². The number of benzene rings is 1. The Bertz CT molecular complexity index is 407. The molecule has 1 aromatic carbocycles. The van der Waals surface area contributed by atoms with Crippen LogP contribution in [0, 0.1) is 0 Å². The topological polar surface area (TPSA) is 38.3 Å². The second-order valence-corrected chi connectivity index (χ2v) is 4.97. The lowest BCUT2D eigenvalue weighted by atomic mass is 10.3. The van der Waals surface area contributed by atoms with E-state index in [2.05, 4.69) is 21.2 Å². The molecule has 0 aromatic heterocycles. The predicted molar refractivity (Wildman–Crippen MR) is 65.8 cm³/mol. The highest BCUT2D eigenvalue weighted by Crippen LogP contribution is 2.26. The van der Waals surface area contributed by atoms with E-state index in [-0.39, 0.29) is 12.5 Å². The summed E-state index contributed by atoms with van der Waals surface area (Å²) in [5.41, 5.74) is 0. The minimum atomic E-state index is -0.0754. The second-order valence-electron chi connectivity index (χ2n) is 3.71. The minimum absolute atomic E-state index is 0.0462. The molecular formula is C11H11BrClNO2. The summed E-state index contributed by atoms with van der Waals surface area (Å²) >= 11 is 9.13. The Balaban J connectivity index is 1.83. The van der Waals surface area contributed by atoms with Crippen LogP contribution in [0.5, 0.6) is 5.75 Å². The van der Waals surface area contributed by atoms with E-state index >= 15 is 0 Å². The zero-order valence-corrected chi connectivity index (χ0v) is 10.8. The van der Waals surface area contributed by atoms with Crippen molar-refractivity contribution in [2.45, 2.75) is 18.9 Å². The molecule has 0 unspecified atom stereocenters. The molecule has 1 aromatic rings. The Labute approximate surface area is 107 Å². The molecule has 0 bridgehead atoms. The van der Waals surface area contributed by atoms with E-state index in [4.69, 9.17) is 16.3 Å². The molecular weight excluding hydrogens is 293 g/mol. The van der Waals surface area contributed by atoms with Crippen molar-refractivity contribution in [3.8, 4) is 5.75 Å². The lowest BCUT2D eigenvalue weighted by Crippen LogP contribution is -2.30. The third-order valence-corrected chi connectivity index (χ3v) is 3.42. The summed E-state index contributed by atoms with van der Waals surface area (Å²) in [5.74, 6) is 0.552. The summed E-state index contributed by atoms with van der Waals surface area (Å²) in [4.78, 5) is 11.3. The fourth-order valence-electron chi connectivity index (χ4n) is 1.21. The van der Waals surface area contributed by atoms with Crippen molar-refractivity contribution in [3.05, 3.63) is 27.7 Å². The van der Waals surface area contributed by atoms with Crippen molar-refractivity contribution in [1.29, 1.82) is 0 Å². The minimum Gasteiger partial charge on any atom is -0.484 e. The molecule has 0 saturated heterocycles. The first-order valence-electron chi connectivity index (χ1n) is 5.02. The monoisotopic (exact) mass is 303 g/mol. The van der Waals surface area contributed by atoms with Gasteiger partial charge in [0, 0.05) is 10.5 Å². The SMILES string of the molecule is O=C(COc1ccc(Cl)c(Br)c1)NC1CC1. The van der Waals surface area contributed by atoms with Gasteiger partial charge in [-0.1, -0.05) is 11.6 Å². The van der Waals surface area contributed by atoms with E-state index in [0.29, 0.717) is 16.8 Å². The Morgan fingerprint density at radius 2 is 2.31 bits per heavy atom. The van der Waals surface area contributed by atoms with Crippen LogP contribution >= 0.6 is 27.5 Å². The fraction of sp³-hybridized carbons (Fsp3) is 0.364. The Hall–Kier alpha value is -0.740. The summed E-state index contributed by atoms with van der Waals surface area (Å²) < 4.78 is 6.09. The third kappa shape index (κ3) is 3.39. The molecule has 0 aliphatic heterocycles. The van der Waals surface area contributed by atoms with Crippen LogP contribution in [0.2, 0.25) is 5.02 Å². The molecule has 1 aliphatic rings. The molecule has 3 nitrogen and oxygen atoms in total. The van der Waals surface area contributed by atoms with Crippen LogP contribution in [0.3, 0.4) is 0 Å². The zero-order valence-electron chi connectivity index (χ0n) is 8.50. The van der Waals surface area contributed by atoms with Crippen molar-refractivity contribution in [2.75, 3.05) is 6.61 Å². The number of carbonyl (C=O) groups is 1. The largest absolute Gasteiger partial charge is 0.484 e. The number of carbonyl (C=O) groups excluding carboxylic acids is 1. The molecule has 2 rings (SSSR count). The maximum atomic E-state index is 11.3. The average Bonchev–Trinajstić information content (AvgIpc) is 3.04. The fourth-order valence-corrected chi connectivity index (χ4v) is 1.69. The second kappa shape index (κ2) is 5.06. The molecule has 1 fully saturated rings. The van der Waals surface area contributed by atoms with Crippen molar-refractivity contribution in [3.63, 3.8) is 0 Å². The van der Waals surface area contributed by atoms with Crippen molar-refractivity contribution >= 4 is 33.4 Å². The molecule has 0 radical (unpaired) electrons. The van der Waals surface area contributed by atoms with Gasteiger partial charge in [-0.15, -0.1) is 0 Å². The first kappa shape index (κ1) is 11.7. The summed E-state index contributed by atoms with van der Waals surface area (Å²) in [6, 6.07) is 5.57. The summed E-state index contributed by atoms with van der Waals surface area (Å²) in [6.07, 6.45) is 2.16. The summed E-state index contributed by atoms with van der Waals surface area (Å²) in [6.45, 7) is 0.0462. The lowest BCUT2D eigenvalue weighted by molar-refractivity contribution is -0.123. The highest BCUT2D eigenvalue weighted by Gasteiger charge is 2.23. The van der Waals surface area contributed by atoms with Crippen LogP contribution in [0.15, 0.2) is 22.7 Å². The van der Waals surface area contributed by atoms with E-state index in [9.17, 15) is 4.79 Å². The molecule has 0 heterocycles. The maximum Gasteiger partial charge on any atom is 0.258 e. The molecule has 0 spiro atoms. The number of hydrogen-bond donors (Lipinski definition) is 1. The highest BCUT2D eigenvalue weighted by atomic mass is 79.9. The number of amides is 1. The third-order valence-electron chi connectivity index (χ3n) is 2.20. The van der Waals surface area contributed by atoms with Gasteiger partial charge >= 0.3 is 0 Å². The van der Waals surface area contributed by atoms with Gasteiger partial charge in [0.2, 0.25) is 0 Å². The summed E-state index contributed by atoms with van der Waals surface area (Å²) in [7, 11) is 0. The van der Waals surface area contributed by atoms with E-state index in [1.54, 1.807) is 18.2 Å². The van der Waals surface area contributed by atoms with E-state index in [1.807, 2.05) is 0 Å². The number of rotatable bonds is 4. The predicted octanol–water partition coefficient (Wildman–Crippen LogP) is 2.76. The zero-order chi connectivity index (χ0) is 11.5. The maximum absolute atomic E-state index is 11.3. The molecule has 86 valence electrons. The first-order valence-corrected chi connectivity index (χ1v) is 6.19. The molecule has 1 amide bonds. The van der Waals surface area contributed by atoms with E-state index < -0.39 is 0 Å². The molecule has 1 N–H and O–H groups in total. The molecule has 1 saturated carbocycles. The smallest absolute Gasteiger partial charge is 0.258 e. The van der Waals surface area contributed by atoms with Crippen LogP contribution in [0.1, 0.15) is 12.8 Å². The highest BCUT2D eigenvalue weighted by molar-refractivity contribution is 9.10. The van der Waals surface area contributed by atoms with E-state index in [0.717, 1.165) is 17.3 Å². The van der Waals surface area contributed by atoms with Gasteiger partial charge in [0.25, 0.3) is 5.91 Å². The number of halogens is 2. The molecule has 1 aliphatic carbocycles. The Kier molecular flexibility index (Phi) is 3.71. The Morgan fingerprint density at radius 3 is 2.94 bits per heavy atom. The van der Waals surface area contributed by atoms with Gasteiger partial charge in [-0.3, -0.25) is 4.79 Å². The first-order chi connectivity index (χ1) is 7.65. The average molecular weight is 305 g/mol. The van der Waals surface area contributed by atoms with Crippen LogP contribution in [0.25, 0.3) is 0 Å². The van der Waals surface area contributed by atoms with E-state index in [1.165, 1.54) is 0 Å². The normalized spacial score (nSPS) is 14.6. The van der Waals surface area contributed by atoms with Crippen LogP contribution in [-0.4, -0.2) is 18.6 Å². The number of hydrogen-bond acceptors (Lipinski definition) is 2. The molecule has 0 atom stereocenters. The van der Waals surface area contributed by atoms with Gasteiger partial charge < -0.3 is 10.1 Å². The van der Waals surface area contributed by atoms with Crippen molar-refractivity contribution < 1.29 is 9.53 Å². The summed E-state index contributed by atoms with van der Waals surface area (Å²) in [5, 5.41) is 3.47. The number of ether oxygens (including phenoxy) is 1. The lowest BCUT2D eigenvalue weighted by Gasteiger charge is -2.07. The van der Waals surface area contributed by atoms with Crippen LogP contribution < -0.4 is 10.1 Å². The van der Waals surface area contributed by atoms with Crippen molar-refractivity contribution in [2.24, 2.45) is 0 Å².